The second-order valence-corrected chi connectivity index (χ2v) is 12.0. The Kier molecular flexibility index (Phi) is 6.39. The van der Waals surface area contributed by atoms with Gasteiger partial charge in [-0.05, 0) is 62.4 Å². The van der Waals surface area contributed by atoms with Crippen molar-refractivity contribution in [1.82, 2.24) is 9.91 Å². The fraction of sp³-hybridized carbons (Fsp3) is 0.353. The number of anilines is 1. The fourth-order valence-corrected chi connectivity index (χ4v) is 8.07. The SMILES string of the molecule is CCN1C(=O)[C@H]2[C@H](CC=C3[C@H]2C[C@H]2C(=O)N(Nc4ccc(C)cc4)C(=O)[C@@]2(c2ccccc2)[C@H]3c2ccc(CO)o2)C1=O. The van der Waals surface area contributed by atoms with Crippen LogP contribution in [0.4, 0.5) is 5.69 Å². The number of nitrogens with one attached hydrogen (secondary N) is 1. The zero-order valence-corrected chi connectivity index (χ0v) is 24.0. The predicted molar refractivity (Wildman–Crippen MR) is 156 cm³/mol. The topological polar surface area (TPSA) is 120 Å². The molecule has 1 aromatic heterocycles. The van der Waals surface area contributed by atoms with Crippen LogP contribution < -0.4 is 5.43 Å². The third-order valence-electron chi connectivity index (χ3n) is 9.92. The summed E-state index contributed by atoms with van der Waals surface area (Å²) in [5.41, 5.74) is 4.84. The molecule has 43 heavy (non-hydrogen) atoms. The van der Waals surface area contributed by atoms with E-state index < -0.39 is 46.8 Å². The number of nitrogens with zero attached hydrogens (tertiary/aromatic N) is 2. The molecule has 3 fully saturated rings. The van der Waals surface area contributed by atoms with E-state index in [0.29, 0.717) is 29.2 Å². The number of amides is 4. The van der Waals surface area contributed by atoms with Crippen LogP contribution in [0.3, 0.4) is 0 Å². The first kappa shape index (κ1) is 27.3. The van der Waals surface area contributed by atoms with Gasteiger partial charge in [-0.15, -0.1) is 0 Å². The monoisotopic (exact) mass is 579 g/mol. The first-order chi connectivity index (χ1) is 20.8. The third-order valence-corrected chi connectivity index (χ3v) is 9.92. The van der Waals surface area contributed by atoms with Crippen LogP contribution in [0.1, 0.15) is 48.3 Å². The normalized spacial score (nSPS) is 29.8. The number of aliphatic hydroxyl groups excluding tert-OH is 1. The summed E-state index contributed by atoms with van der Waals surface area (Å²) in [5, 5.41) is 11.0. The number of imide groups is 2. The van der Waals surface area contributed by atoms with Crippen LogP contribution in [-0.2, 0) is 31.2 Å². The van der Waals surface area contributed by atoms with E-state index in [1.54, 1.807) is 19.1 Å². The lowest BCUT2D eigenvalue weighted by molar-refractivity contribution is -0.141. The van der Waals surface area contributed by atoms with Crippen LogP contribution in [-0.4, -0.2) is 45.2 Å². The van der Waals surface area contributed by atoms with E-state index in [1.165, 1.54) is 4.90 Å². The minimum Gasteiger partial charge on any atom is -0.463 e. The summed E-state index contributed by atoms with van der Waals surface area (Å²) < 4.78 is 6.17. The van der Waals surface area contributed by atoms with Gasteiger partial charge in [-0.25, -0.2) is 0 Å². The van der Waals surface area contributed by atoms with Crippen LogP contribution in [0.2, 0.25) is 0 Å². The first-order valence-electron chi connectivity index (χ1n) is 14.8. The second kappa shape index (κ2) is 10.1. The summed E-state index contributed by atoms with van der Waals surface area (Å²) >= 11 is 0. The largest absolute Gasteiger partial charge is 0.463 e. The molecule has 7 rings (SSSR count). The molecule has 0 unspecified atom stereocenters. The van der Waals surface area contributed by atoms with Crippen molar-refractivity contribution in [3.8, 4) is 0 Å². The Balaban J connectivity index is 1.44. The molecule has 220 valence electrons. The quantitative estimate of drug-likeness (QED) is 0.334. The van der Waals surface area contributed by atoms with Gasteiger partial charge in [0, 0.05) is 6.54 Å². The highest BCUT2D eigenvalue weighted by atomic mass is 16.4. The minimum atomic E-state index is -1.38. The highest BCUT2D eigenvalue weighted by Gasteiger charge is 2.71. The van der Waals surface area contributed by atoms with E-state index in [1.807, 2.05) is 67.6 Å². The molecule has 6 atom stereocenters. The van der Waals surface area contributed by atoms with Crippen LogP contribution in [0.15, 0.2) is 82.8 Å². The van der Waals surface area contributed by atoms with Gasteiger partial charge in [0.1, 0.15) is 23.5 Å². The van der Waals surface area contributed by atoms with Crippen molar-refractivity contribution in [1.29, 1.82) is 0 Å². The number of fused-ring (bicyclic) bond motifs is 4. The zero-order chi connectivity index (χ0) is 30.0. The molecule has 2 aromatic carbocycles. The highest BCUT2D eigenvalue weighted by Crippen LogP contribution is 2.64. The number of rotatable bonds is 6. The number of likely N-dealkylation sites (tertiary alicyclic amines) is 1. The van der Waals surface area contributed by atoms with E-state index in [9.17, 15) is 24.3 Å². The van der Waals surface area contributed by atoms with Crippen LogP contribution in [0, 0.1) is 30.6 Å². The molecule has 2 saturated heterocycles. The van der Waals surface area contributed by atoms with E-state index in [-0.39, 0.29) is 31.4 Å². The Morgan fingerprint density at radius 2 is 1.67 bits per heavy atom. The Hall–Kier alpha value is -4.50. The molecular weight excluding hydrogens is 546 g/mol. The molecule has 4 amide bonds. The summed E-state index contributed by atoms with van der Waals surface area (Å²) in [5.74, 6) is -3.54. The number of hydrazine groups is 1. The number of carbonyl (C=O) groups excluding carboxylic acids is 4. The Morgan fingerprint density at radius 1 is 0.930 bits per heavy atom. The maximum Gasteiger partial charge on any atom is 0.260 e. The first-order valence-corrected chi connectivity index (χ1v) is 14.8. The number of furan rings is 1. The van der Waals surface area contributed by atoms with E-state index in [0.717, 1.165) is 16.1 Å². The molecular formula is C34H33N3O6. The van der Waals surface area contributed by atoms with Gasteiger partial charge in [0.15, 0.2) is 0 Å². The number of aliphatic hydroxyl groups is 1. The molecule has 1 saturated carbocycles. The Labute approximate surface area is 249 Å². The molecule has 2 aliphatic carbocycles. The van der Waals surface area contributed by atoms with Crippen molar-refractivity contribution in [3.05, 3.63) is 101 Å². The lowest BCUT2D eigenvalue weighted by Crippen LogP contribution is -2.53. The van der Waals surface area contributed by atoms with Gasteiger partial charge in [0.25, 0.3) is 11.8 Å². The van der Waals surface area contributed by atoms with E-state index in [4.69, 9.17) is 4.42 Å². The molecule has 9 heteroatoms. The fourth-order valence-electron chi connectivity index (χ4n) is 8.07. The average molecular weight is 580 g/mol. The summed E-state index contributed by atoms with van der Waals surface area (Å²) in [6.07, 6.45) is 2.60. The van der Waals surface area contributed by atoms with Gasteiger partial charge in [0.05, 0.1) is 29.4 Å². The Bertz CT molecular complexity index is 1660. The summed E-state index contributed by atoms with van der Waals surface area (Å²) in [6.45, 7) is 3.71. The Morgan fingerprint density at radius 3 is 2.35 bits per heavy atom. The van der Waals surface area contributed by atoms with Crippen molar-refractivity contribution in [2.45, 2.75) is 44.6 Å². The lowest BCUT2D eigenvalue weighted by Gasteiger charge is -2.49. The van der Waals surface area contributed by atoms with Crippen molar-refractivity contribution in [2.24, 2.45) is 23.7 Å². The van der Waals surface area contributed by atoms with E-state index >= 15 is 0 Å². The van der Waals surface area contributed by atoms with Crippen LogP contribution >= 0.6 is 0 Å². The van der Waals surface area contributed by atoms with Gasteiger partial charge in [-0.2, -0.15) is 5.01 Å². The highest BCUT2D eigenvalue weighted by molar-refractivity contribution is 6.13. The van der Waals surface area contributed by atoms with Crippen molar-refractivity contribution in [3.63, 3.8) is 0 Å². The number of allylic oxidation sites excluding steroid dienone is 2. The molecule has 2 N–H and O–H groups in total. The smallest absolute Gasteiger partial charge is 0.260 e. The number of aryl methyl sites for hydroxylation is 1. The van der Waals surface area contributed by atoms with Gasteiger partial charge < -0.3 is 9.52 Å². The average Bonchev–Trinajstić information content (AvgIpc) is 3.66. The maximum absolute atomic E-state index is 14.9. The predicted octanol–water partition coefficient (Wildman–Crippen LogP) is 4.09. The standard InChI is InChI=1S/C34H33N3O6/c1-3-36-30(39)24-15-14-23-25(28(24)32(36)41)17-26-31(40)37(35-21-11-9-19(2)10-12-21)33(42)34(26,20-7-5-4-6-8-20)29(23)27-16-13-22(18-38)43-27/h4-14,16,24-26,28-29,35,38H,3,15,17-18H2,1-2H3/t24-,25+,26-,28-,29+,34+/m0/s1. The summed E-state index contributed by atoms with van der Waals surface area (Å²) in [6, 6.07) is 20.2. The number of hydrogen-bond acceptors (Lipinski definition) is 7. The van der Waals surface area contributed by atoms with Crippen molar-refractivity contribution < 1.29 is 28.7 Å². The van der Waals surface area contributed by atoms with Gasteiger partial charge in [-0.3, -0.25) is 29.5 Å². The van der Waals surface area contributed by atoms with E-state index in [2.05, 4.69) is 5.43 Å². The number of hydrogen-bond donors (Lipinski definition) is 2. The van der Waals surface area contributed by atoms with Gasteiger partial charge >= 0.3 is 0 Å². The molecule has 0 spiro atoms. The third kappa shape index (κ3) is 3.80. The molecule has 2 aliphatic heterocycles. The molecule has 0 bridgehead atoms. The van der Waals surface area contributed by atoms with Crippen LogP contribution in [0.25, 0.3) is 0 Å². The summed E-state index contributed by atoms with van der Waals surface area (Å²) in [4.78, 5) is 57.6. The molecule has 9 nitrogen and oxygen atoms in total. The van der Waals surface area contributed by atoms with Crippen molar-refractivity contribution >= 4 is 29.3 Å². The second-order valence-electron chi connectivity index (χ2n) is 12.0. The molecule has 3 aromatic rings. The van der Waals surface area contributed by atoms with Crippen molar-refractivity contribution in [2.75, 3.05) is 12.0 Å². The molecule has 4 aliphatic rings. The lowest BCUT2D eigenvalue weighted by atomic mass is 9.50. The van der Waals surface area contributed by atoms with Gasteiger partial charge in [0.2, 0.25) is 11.8 Å². The van der Waals surface area contributed by atoms with Crippen LogP contribution in [0.5, 0.6) is 0 Å². The number of benzene rings is 2. The summed E-state index contributed by atoms with van der Waals surface area (Å²) in [7, 11) is 0. The minimum absolute atomic E-state index is 0.179. The molecule has 0 radical (unpaired) electrons. The number of carbonyl (C=O) groups is 4. The zero-order valence-electron chi connectivity index (χ0n) is 24.0. The maximum atomic E-state index is 14.9. The van der Waals surface area contributed by atoms with Gasteiger partial charge in [-0.1, -0.05) is 59.7 Å². The molecule has 3 heterocycles.